The van der Waals surface area contributed by atoms with Crippen molar-refractivity contribution in [2.75, 3.05) is 67.7 Å². The van der Waals surface area contributed by atoms with E-state index >= 15 is 0 Å². The molecule has 10 heteroatoms. The number of ether oxygens (including phenoxy) is 6. The lowest BCUT2D eigenvalue weighted by atomic mass is 10.0. The molecule has 10 nitrogen and oxygen atoms in total. The lowest BCUT2D eigenvalue weighted by Crippen LogP contribution is -2.34. The van der Waals surface area contributed by atoms with Gasteiger partial charge in [0.1, 0.15) is 0 Å². The van der Waals surface area contributed by atoms with Crippen molar-refractivity contribution in [1.29, 1.82) is 0 Å². The normalized spacial score (nSPS) is 14.7. The average molecular weight is 601 g/mol. The zero-order valence-corrected chi connectivity index (χ0v) is 26.4. The summed E-state index contributed by atoms with van der Waals surface area (Å²) in [6, 6.07) is 16.3. The van der Waals surface area contributed by atoms with Crippen LogP contribution in [-0.2, 0) is 6.54 Å². The standard InChI is InChI=1S/C34H40N4O6/c1-37(25-10-13-35-27(19-25)23-15-28(39-2)33(43-6)29(16-23)40-3)26-11-14-38(21-26)20-22-9-8-12-36-32(22)24-17-30(41-4)34(44-7)31(18-24)42-5/h8-10,12-13,15-19,26H,11,14,20-21H2,1-7H3/t26-/m0/s1. The molecule has 232 valence electrons. The maximum atomic E-state index is 5.60. The highest BCUT2D eigenvalue weighted by Gasteiger charge is 2.27. The predicted octanol–water partition coefficient (Wildman–Crippen LogP) is 5.57. The van der Waals surface area contributed by atoms with Crippen LogP contribution in [0.1, 0.15) is 12.0 Å². The van der Waals surface area contributed by atoms with Crippen molar-refractivity contribution < 1.29 is 28.4 Å². The fourth-order valence-electron chi connectivity index (χ4n) is 5.79. The Balaban J connectivity index is 1.34. The van der Waals surface area contributed by atoms with Gasteiger partial charge in [0.05, 0.1) is 54.0 Å². The molecule has 1 saturated heterocycles. The van der Waals surface area contributed by atoms with Crippen molar-refractivity contribution in [3.63, 3.8) is 0 Å². The van der Waals surface area contributed by atoms with Crippen molar-refractivity contribution in [1.82, 2.24) is 14.9 Å². The third-order valence-corrected chi connectivity index (χ3v) is 8.13. The summed E-state index contributed by atoms with van der Waals surface area (Å²) in [6.07, 6.45) is 4.70. The van der Waals surface area contributed by atoms with Crippen molar-refractivity contribution in [3.05, 3.63) is 66.5 Å². The van der Waals surface area contributed by atoms with E-state index in [1.165, 1.54) is 0 Å². The lowest BCUT2D eigenvalue weighted by molar-refractivity contribution is 0.324. The van der Waals surface area contributed by atoms with Gasteiger partial charge in [0, 0.05) is 61.9 Å². The summed E-state index contributed by atoms with van der Waals surface area (Å²) in [4.78, 5) is 14.2. The van der Waals surface area contributed by atoms with Crippen molar-refractivity contribution in [2.45, 2.75) is 19.0 Å². The fraction of sp³-hybridized carbons (Fsp3) is 0.353. The Hall–Kier alpha value is -4.70. The highest BCUT2D eigenvalue weighted by molar-refractivity contribution is 5.72. The fourth-order valence-corrected chi connectivity index (χ4v) is 5.79. The number of hydrogen-bond donors (Lipinski definition) is 0. The maximum absolute atomic E-state index is 5.60. The molecular formula is C34H40N4O6. The summed E-state index contributed by atoms with van der Waals surface area (Å²) in [5, 5.41) is 0. The van der Waals surface area contributed by atoms with Crippen LogP contribution in [0, 0.1) is 0 Å². The van der Waals surface area contributed by atoms with Crippen LogP contribution < -0.4 is 33.3 Å². The minimum absolute atomic E-state index is 0.339. The van der Waals surface area contributed by atoms with Gasteiger partial charge in [0.25, 0.3) is 0 Å². The molecule has 2 aromatic carbocycles. The average Bonchev–Trinajstić information content (AvgIpc) is 3.55. The van der Waals surface area contributed by atoms with Gasteiger partial charge in [0.15, 0.2) is 23.0 Å². The van der Waals surface area contributed by atoms with Crippen molar-refractivity contribution in [2.24, 2.45) is 0 Å². The third kappa shape index (κ3) is 6.16. The number of rotatable bonds is 12. The number of anilines is 1. The SMILES string of the molecule is COc1cc(-c2cc(N(C)[C@H]3CCN(Cc4cccnc4-c4cc(OC)c(OC)c(OC)c4)C3)ccn2)cc(OC)c1OC. The molecule has 44 heavy (non-hydrogen) atoms. The Kier molecular flexibility index (Phi) is 9.59. The molecule has 1 fully saturated rings. The number of aromatic nitrogens is 2. The van der Waals surface area contributed by atoms with Crippen LogP contribution >= 0.6 is 0 Å². The van der Waals surface area contributed by atoms with Gasteiger partial charge < -0.3 is 33.3 Å². The summed E-state index contributed by atoms with van der Waals surface area (Å²) in [7, 11) is 11.8. The second-order valence-corrected chi connectivity index (χ2v) is 10.5. The first-order valence-corrected chi connectivity index (χ1v) is 14.4. The van der Waals surface area contributed by atoms with Gasteiger partial charge in [-0.15, -0.1) is 0 Å². The van der Waals surface area contributed by atoms with E-state index in [0.717, 1.165) is 59.8 Å². The van der Waals surface area contributed by atoms with Crippen LogP contribution in [0.5, 0.6) is 34.5 Å². The highest BCUT2D eigenvalue weighted by Crippen LogP contribution is 2.43. The molecule has 0 amide bonds. The van der Waals surface area contributed by atoms with E-state index in [9.17, 15) is 0 Å². The number of likely N-dealkylation sites (tertiary alicyclic amines) is 1. The van der Waals surface area contributed by atoms with E-state index < -0.39 is 0 Å². The summed E-state index contributed by atoms with van der Waals surface area (Å²) in [5.41, 5.74) is 5.76. The molecule has 1 aliphatic heterocycles. The zero-order chi connectivity index (χ0) is 31.2. The van der Waals surface area contributed by atoms with Crippen LogP contribution in [0.4, 0.5) is 5.69 Å². The topological polar surface area (TPSA) is 87.6 Å². The maximum Gasteiger partial charge on any atom is 0.203 e. The monoisotopic (exact) mass is 600 g/mol. The zero-order valence-electron chi connectivity index (χ0n) is 26.4. The quantitative estimate of drug-likeness (QED) is 0.206. The minimum Gasteiger partial charge on any atom is -0.493 e. The number of methoxy groups -OCH3 is 6. The first kappa shape index (κ1) is 30.7. The number of likely N-dealkylation sites (N-methyl/N-ethyl adjacent to an activating group) is 1. The van der Waals surface area contributed by atoms with Crippen LogP contribution in [0.15, 0.2) is 60.9 Å². The Morgan fingerprint density at radius 3 is 1.89 bits per heavy atom. The molecule has 5 rings (SSSR count). The number of hydrogen-bond acceptors (Lipinski definition) is 10. The van der Waals surface area contributed by atoms with Crippen LogP contribution in [0.3, 0.4) is 0 Å². The minimum atomic E-state index is 0.339. The van der Waals surface area contributed by atoms with Crippen LogP contribution in [0.25, 0.3) is 22.5 Å². The summed E-state index contributed by atoms with van der Waals surface area (Å²) >= 11 is 0. The Morgan fingerprint density at radius 1 is 0.727 bits per heavy atom. The molecular weight excluding hydrogens is 560 g/mol. The highest BCUT2D eigenvalue weighted by atomic mass is 16.5. The molecule has 4 aromatic rings. The second kappa shape index (κ2) is 13.7. The third-order valence-electron chi connectivity index (χ3n) is 8.13. The molecule has 0 spiro atoms. The number of nitrogens with zero attached hydrogens (tertiary/aromatic N) is 4. The Bertz CT molecular complexity index is 1550. The van der Waals surface area contributed by atoms with E-state index in [2.05, 4.69) is 34.0 Å². The van der Waals surface area contributed by atoms with Gasteiger partial charge in [0.2, 0.25) is 11.5 Å². The van der Waals surface area contributed by atoms with Gasteiger partial charge in [-0.25, -0.2) is 0 Å². The Labute approximate surface area is 259 Å². The molecule has 1 aliphatic rings. The first-order valence-electron chi connectivity index (χ1n) is 14.4. The van der Waals surface area contributed by atoms with E-state index in [4.69, 9.17) is 33.4 Å². The molecule has 0 unspecified atom stereocenters. The lowest BCUT2D eigenvalue weighted by Gasteiger charge is -2.27. The van der Waals surface area contributed by atoms with Gasteiger partial charge in [-0.3, -0.25) is 14.9 Å². The van der Waals surface area contributed by atoms with E-state index in [-0.39, 0.29) is 0 Å². The number of benzene rings is 2. The molecule has 2 aromatic heterocycles. The van der Waals surface area contributed by atoms with Gasteiger partial charge >= 0.3 is 0 Å². The summed E-state index contributed by atoms with van der Waals surface area (Å²) in [5.74, 6) is 3.51. The van der Waals surface area contributed by atoms with E-state index in [1.807, 2.05) is 48.8 Å². The Morgan fingerprint density at radius 2 is 1.32 bits per heavy atom. The molecule has 1 atom stereocenters. The summed E-state index contributed by atoms with van der Waals surface area (Å²) < 4.78 is 33.3. The molecule has 0 N–H and O–H groups in total. The number of pyridine rings is 2. The van der Waals surface area contributed by atoms with Crippen LogP contribution in [-0.4, -0.2) is 83.7 Å². The van der Waals surface area contributed by atoms with E-state index in [0.29, 0.717) is 40.5 Å². The smallest absolute Gasteiger partial charge is 0.203 e. The van der Waals surface area contributed by atoms with Crippen LogP contribution in [0.2, 0.25) is 0 Å². The predicted molar refractivity (Wildman–Crippen MR) is 171 cm³/mol. The van der Waals surface area contributed by atoms with Gasteiger partial charge in [-0.05, 0) is 54.4 Å². The van der Waals surface area contributed by atoms with Crippen molar-refractivity contribution >= 4 is 5.69 Å². The van der Waals surface area contributed by atoms with E-state index in [1.54, 1.807) is 42.7 Å². The molecule has 3 heterocycles. The van der Waals surface area contributed by atoms with Gasteiger partial charge in [-0.2, -0.15) is 0 Å². The first-order chi connectivity index (χ1) is 21.4. The van der Waals surface area contributed by atoms with Gasteiger partial charge in [-0.1, -0.05) is 6.07 Å². The van der Waals surface area contributed by atoms with Crippen molar-refractivity contribution in [3.8, 4) is 57.0 Å². The largest absolute Gasteiger partial charge is 0.493 e. The molecule has 0 radical (unpaired) electrons. The molecule has 0 bridgehead atoms. The second-order valence-electron chi connectivity index (χ2n) is 10.5. The molecule has 0 saturated carbocycles. The molecule has 0 aliphatic carbocycles. The summed E-state index contributed by atoms with van der Waals surface area (Å²) in [6.45, 7) is 2.67.